The van der Waals surface area contributed by atoms with Crippen molar-refractivity contribution < 1.29 is 14.3 Å². The molecule has 0 spiro atoms. The quantitative estimate of drug-likeness (QED) is 0.708. The number of hydrogen-bond acceptors (Lipinski definition) is 2. The van der Waals surface area contributed by atoms with Crippen LogP contribution in [0.15, 0.2) is 30.4 Å². The van der Waals surface area contributed by atoms with Crippen molar-refractivity contribution in [2.24, 2.45) is 0 Å². The molecule has 0 amide bonds. The Hall–Kier alpha value is -1.71. The highest BCUT2D eigenvalue weighted by molar-refractivity contribution is 5.93. The Morgan fingerprint density at radius 2 is 2.00 bits per heavy atom. The molecule has 1 rings (SSSR count). The van der Waals surface area contributed by atoms with E-state index < -0.39 is 11.8 Å². The number of allylic oxidation sites excluding steroid dienone is 1. The van der Waals surface area contributed by atoms with Crippen LogP contribution >= 0.6 is 0 Å². The van der Waals surface area contributed by atoms with E-state index in [-0.39, 0.29) is 5.57 Å². The molecular formula is C9H8FNO2. The van der Waals surface area contributed by atoms with Gasteiger partial charge in [-0.05, 0) is 30.2 Å². The number of carboxylic acids is 1. The Labute approximate surface area is 74.5 Å². The predicted octanol–water partition coefficient (Wildman–Crippen LogP) is 1.87. The summed E-state index contributed by atoms with van der Waals surface area (Å²) < 4.78 is 12.9. The highest BCUT2D eigenvalue weighted by atomic mass is 19.1. The summed E-state index contributed by atoms with van der Waals surface area (Å²) in [4.78, 5) is 14.0. The number of rotatable bonds is 2. The zero-order valence-corrected chi connectivity index (χ0v) is 6.99. The largest absolute Gasteiger partial charge is 0.476 e. The molecule has 0 radical (unpaired) electrons. The van der Waals surface area contributed by atoms with Gasteiger partial charge in [0.15, 0.2) is 0 Å². The van der Waals surface area contributed by atoms with Crippen LogP contribution in [-0.4, -0.2) is 16.1 Å². The topological polar surface area (TPSA) is 50.2 Å². The van der Waals surface area contributed by atoms with Crippen LogP contribution in [0.4, 0.5) is 4.39 Å². The maximum absolute atomic E-state index is 12.9. The van der Waals surface area contributed by atoms with Gasteiger partial charge in [-0.25, -0.2) is 4.79 Å². The third-order valence-electron chi connectivity index (χ3n) is 1.63. The molecule has 0 saturated heterocycles. The third-order valence-corrected chi connectivity index (χ3v) is 1.63. The van der Waals surface area contributed by atoms with E-state index in [0.29, 0.717) is 5.56 Å². The summed E-state index contributed by atoms with van der Waals surface area (Å²) in [5.74, 6) is -2.68. The number of aliphatic carboxylic acids is 1. The molecule has 1 heterocycles. The van der Waals surface area contributed by atoms with Crippen LogP contribution in [0.3, 0.4) is 0 Å². The minimum absolute atomic E-state index is 0.106. The van der Waals surface area contributed by atoms with Crippen LogP contribution in [0, 0.1) is 0 Å². The molecule has 0 saturated carbocycles. The van der Waals surface area contributed by atoms with E-state index in [0.717, 1.165) is 0 Å². The molecule has 4 heteroatoms. The summed E-state index contributed by atoms with van der Waals surface area (Å²) in [6.07, 6.45) is 2.96. The van der Waals surface area contributed by atoms with Crippen molar-refractivity contribution in [3.8, 4) is 0 Å². The van der Waals surface area contributed by atoms with Crippen molar-refractivity contribution >= 4 is 11.5 Å². The van der Waals surface area contributed by atoms with Gasteiger partial charge in [0.2, 0.25) is 5.83 Å². The van der Waals surface area contributed by atoms with Gasteiger partial charge in [0, 0.05) is 12.4 Å². The molecule has 0 aromatic carbocycles. The van der Waals surface area contributed by atoms with Gasteiger partial charge in [0.25, 0.3) is 0 Å². The van der Waals surface area contributed by atoms with E-state index in [2.05, 4.69) is 4.98 Å². The van der Waals surface area contributed by atoms with E-state index in [1.807, 2.05) is 0 Å². The Kier molecular flexibility index (Phi) is 2.74. The molecule has 0 unspecified atom stereocenters. The van der Waals surface area contributed by atoms with Crippen LogP contribution < -0.4 is 0 Å². The second-order valence-corrected chi connectivity index (χ2v) is 2.48. The molecule has 1 N–H and O–H groups in total. The number of hydrogen-bond donors (Lipinski definition) is 1. The minimum atomic E-state index is -1.55. The number of halogens is 1. The Balaban J connectivity index is 3.11. The first-order valence-corrected chi connectivity index (χ1v) is 3.63. The molecule has 68 valence electrons. The smallest absolute Gasteiger partial charge is 0.365 e. The first-order valence-electron chi connectivity index (χ1n) is 3.63. The summed E-state index contributed by atoms with van der Waals surface area (Å²) in [5, 5.41) is 8.37. The summed E-state index contributed by atoms with van der Waals surface area (Å²) in [6.45, 7) is 1.42. The molecule has 1 aromatic rings. The lowest BCUT2D eigenvalue weighted by Gasteiger charge is -1.99. The predicted molar refractivity (Wildman–Crippen MR) is 45.6 cm³/mol. The van der Waals surface area contributed by atoms with Crippen LogP contribution in [-0.2, 0) is 4.79 Å². The Morgan fingerprint density at radius 1 is 1.46 bits per heavy atom. The molecule has 0 aliphatic carbocycles. The van der Waals surface area contributed by atoms with Crippen LogP contribution in [0.1, 0.15) is 12.5 Å². The maximum Gasteiger partial charge on any atom is 0.365 e. The Bertz CT molecular complexity index is 346. The fraction of sp³-hybridized carbons (Fsp3) is 0.111. The average molecular weight is 181 g/mol. The summed E-state index contributed by atoms with van der Waals surface area (Å²) in [6, 6.07) is 3.11. The molecule has 0 aliphatic rings. The lowest BCUT2D eigenvalue weighted by molar-refractivity contribution is -0.134. The van der Waals surface area contributed by atoms with Gasteiger partial charge in [-0.2, -0.15) is 4.39 Å². The van der Waals surface area contributed by atoms with Crippen LogP contribution in [0.5, 0.6) is 0 Å². The van der Waals surface area contributed by atoms with Crippen molar-refractivity contribution in [1.82, 2.24) is 4.98 Å². The highest BCUT2D eigenvalue weighted by Gasteiger charge is 2.10. The number of nitrogens with zero attached hydrogens (tertiary/aromatic N) is 1. The first-order chi connectivity index (χ1) is 6.13. The molecule has 0 bridgehead atoms. The summed E-state index contributed by atoms with van der Waals surface area (Å²) in [5.41, 5.74) is 0.629. The molecule has 0 fully saturated rings. The lowest BCUT2D eigenvalue weighted by Crippen LogP contribution is -1.97. The fourth-order valence-electron chi connectivity index (χ4n) is 0.889. The number of carbonyl (C=O) groups is 1. The van der Waals surface area contributed by atoms with E-state index in [9.17, 15) is 9.18 Å². The van der Waals surface area contributed by atoms with Gasteiger partial charge in [-0.3, -0.25) is 4.98 Å². The third kappa shape index (κ3) is 2.11. The monoisotopic (exact) mass is 181 g/mol. The van der Waals surface area contributed by atoms with E-state index >= 15 is 0 Å². The maximum atomic E-state index is 12.9. The van der Waals surface area contributed by atoms with Crippen molar-refractivity contribution in [1.29, 1.82) is 0 Å². The molecular weight excluding hydrogens is 173 g/mol. The first kappa shape index (κ1) is 9.38. The fourth-order valence-corrected chi connectivity index (χ4v) is 0.889. The second-order valence-electron chi connectivity index (χ2n) is 2.48. The SMILES string of the molecule is C/C(=C(/F)C(=O)O)c1ccncc1. The average Bonchev–Trinajstić information content (AvgIpc) is 2.17. The zero-order valence-electron chi connectivity index (χ0n) is 6.99. The van der Waals surface area contributed by atoms with Gasteiger partial charge in [-0.15, -0.1) is 0 Å². The standard InChI is InChI=1S/C9H8FNO2/c1-6(8(10)9(12)13)7-2-4-11-5-3-7/h2-5H,1H3,(H,12,13)/b8-6-. The minimum Gasteiger partial charge on any atom is -0.476 e. The Morgan fingerprint density at radius 3 is 2.46 bits per heavy atom. The van der Waals surface area contributed by atoms with Crippen LogP contribution in [0.25, 0.3) is 5.57 Å². The van der Waals surface area contributed by atoms with Gasteiger partial charge in [-0.1, -0.05) is 0 Å². The van der Waals surface area contributed by atoms with E-state index in [1.165, 1.54) is 19.3 Å². The van der Waals surface area contributed by atoms with Crippen molar-refractivity contribution in [3.05, 3.63) is 35.9 Å². The lowest BCUT2D eigenvalue weighted by atomic mass is 10.1. The van der Waals surface area contributed by atoms with Gasteiger partial charge in [0.05, 0.1) is 0 Å². The summed E-state index contributed by atoms with van der Waals surface area (Å²) in [7, 11) is 0. The molecule has 0 atom stereocenters. The molecule has 13 heavy (non-hydrogen) atoms. The summed E-state index contributed by atoms with van der Waals surface area (Å²) >= 11 is 0. The highest BCUT2D eigenvalue weighted by Crippen LogP contribution is 2.17. The number of pyridine rings is 1. The second kappa shape index (κ2) is 3.80. The van der Waals surface area contributed by atoms with Crippen LogP contribution in [0.2, 0.25) is 0 Å². The van der Waals surface area contributed by atoms with E-state index in [4.69, 9.17) is 5.11 Å². The molecule has 1 aromatic heterocycles. The van der Waals surface area contributed by atoms with Crippen molar-refractivity contribution in [2.45, 2.75) is 6.92 Å². The van der Waals surface area contributed by atoms with Gasteiger partial charge >= 0.3 is 5.97 Å². The van der Waals surface area contributed by atoms with Crippen molar-refractivity contribution in [2.75, 3.05) is 0 Å². The van der Waals surface area contributed by atoms with Crippen molar-refractivity contribution in [3.63, 3.8) is 0 Å². The molecule has 3 nitrogen and oxygen atoms in total. The number of aromatic nitrogens is 1. The van der Waals surface area contributed by atoms with Gasteiger partial charge in [0.1, 0.15) is 0 Å². The van der Waals surface area contributed by atoms with Gasteiger partial charge < -0.3 is 5.11 Å². The molecule has 0 aliphatic heterocycles. The van der Waals surface area contributed by atoms with E-state index in [1.54, 1.807) is 12.1 Å². The number of carboxylic acid groups (broad SMARTS) is 1. The zero-order chi connectivity index (χ0) is 9.84. The normalized spacial score (nSPS) is 12.2.